The smallest absolute Gasteiger partial charge is 0.197 e. The number of Topliss-reactive ketones (excluding diaryl/α,β-unsaturated/α-hetero) is 2. The summed E-state index contributed by atoms with van der Waals surface area (Å²) >= 11 is 0. The lowest BCUT2D eigenvalue weighted by atomic mass is 9.60. The molecule has 0 fully saturated rings. The summed E-state index contributed by atoms with van der Waals surface area (Å²) < 4.78 is 0. The molecule has 1 aliphatic carbocycles. The standard InChI is InChI=1S/C41H35NO2/c1-9-23-20-25-26(21-24(23)10-2)38(44)27(37(25)43)17-22-18-32-36-33(19-22)41(7,8)31-16-12-14-29-35(31)42(36)34-28(39(29,3)4)13-11-15-30(34)40(32,5)6/h9-21H,1-2H2,3-8H3. The van der Waals surface area contributed by atoms with Gasteiger partial charge in [-0.1, -0.05) is 103 Å². The molecule has 0 amide bonds. The van der Waals surface area contributed by atoms with Gasteiger partial charge >= 0.3 is 0 Å². The largest absolute Gasteiger partial charge is 0.309 e. The molecule has 3 aliphatic heterocycles. The van der Waals surface area contributed by atoms with E-state index in [4.69, 9.17) is 0 Å². The van der Waals surface area contributed by atoms with Crippen molar-refractivity contribution in [2.24, 2.45) is 0 Å². The highest BCUT2D eigenvalue weighted by atomic mass is 16.2. The summed E-state index contributed by atoms with van der Waals surface area (Å²) in [5, 5.41) is 0. The molecule has 0 saturated heterocycles. The van der Waals surface area contributed by atoms with Crippen LogP contribution in [0.5, 0.6) is 0 Å². The first-order valence-corrected chi connectivity index (χ1v) is 15.3. The predicted octanol–water partition coefficient (Wildman–Crippen LogP) is 9.82. The molecule has 0 unspecified atom stereocenters. The topological polar surface area (TPSA) is 37.4 Å². The number of anilines is 3. The van der Waals surface area contributed by atoms with Crippen LogP contribution in [-0.2, 0) is 16.2 Å². The van der Waals surface area contributed by atoms with E-state index in [1.807, 2.05) is 6.08 Å². The van der Waals surface area contributed by atoms with E-state index in [0.717, 1.165) is 16.7 Å². The monoisotopic (exact) mass is 573 g/mol. The van der Waals surface area contributed by atoms with Crippen molar-refractivity contribution >= 4 is 46.9 Å². The quantitative estimate of drug-likeness (QED) is 0.181. The number of nitrogens with zero attached hydrogens (tertiary/aromatic N) is 1. The van der Waals surface area contributed by atoms with Gasteiger partial charge in [-0.05, 0) is 80.4 Å². The van der Waals surface area contributed by atoms with Gasteiger partial charge in [-0.15, -0.1) is 0 Å². The van der Waals surface area contributed by atoms with Crippen LogP contribution in [0.2, 0.25) is 0 Å². The van der Waals surface area contributed by atoms with Crippen LogP contribution in [0, 0.1) is 0 Å². The summed E-state index contributed by atoms with van der Waals surface area (Å²) in [4.78, 5) is 30.0. The van der Waals surface area contributed by atoms with Crippen LogP contribution in [0.4, 0.5) is 17.1 Å². The van der Waals surface area contributed by atoms with E-state index in [2.05, 4.69) is 108 Å². The maximum atomic E-state index is 13.7. The minimum atomic E-state index is -0.305. The number of carbonyl (C=O) groups is 2. The van der Waals surface area contributed by atoms with Crippen LogP contribution in [0.1, 0.15) is 112 Å². The molecule has 0 aromatic heterocycles. The molecule has 0 saturated carbocycles. The second-order valence-corrected chi connectivity index (χ2v) is 14.2. The Bertz CT molecular complexity index is 1980. The van der Waals surface area contributed by atoms with Crippen LogP contribution in [0.3, 0.4) is 0 Å². The molecular weight excluding hydrogens is 538 g/mol. The molecule has 0 N–H and O–H groups in total. The fourth-order valence-corrected chi connectivity index (χ4v) is 8.34. The lowest BCUT2D eigenvalue weighted by Gasteiger charge is -2.55. The molecule has 44 heavy (non-hydrogen) atoms. The van der Waals surface area contributed by atoms with Crippen molar-refractivity contribution < 1.29 is 9.59 Å². The van der Waals surface area contributed by atoms with Crippen molar-refractivity contribution in [3.63, 3.8) is 0 Å². The maximum absolute atomic E-state index is 13.7. The number of benzene rings is 4. The SMILES string of the molecule is C=Cc1cc2c(cc1C=C)C(=O)C(=Cc1cc3c4c(c1)C(C)(C)c1cccc5c1N4c1c(cccc1C3(C)C)C5(C)C)C2=O. The van der Waals surface area contributed by atoms with E-state index >= 15 is 0 Å². The predicted molar refractivity (Wildman–Crippen MR) is 181 cm³/mol. The molecule has 0 bridgehead atoms. The van der Waals surface area contributed by atoms with Crippen LogP contribution >= 0.6 is 0 Å². The summed E-state index contributed by atoms with van der Waals surface area (Å²) in [7, 11) is 0. The number of ketones is 2. The molecule has 216 valence electrons. The normalized spacial score (nSPS) is 18.5. The molecule has 4 aliphatic rings. The van der Waals surface area contributed by atoms with E-state index in [1.165, 1.54) is 50.4 Å². The molecule has 3 heterocycles. The summed E-state index contributed by atoms with van der Waals surface area (Å²) in [5.41, 5.74) is 14.3. The van der Waals surface area contributed by atoms with E-state index in [0.29, 0.717) is 11.1 Å². The third kappa shape index (κ3) is 3.02. The van der Waals surface area contributed by atoms with E-state index in [1.54, 1.807) is 24.3 Å². The van der Waals surface area contributed by atoms with Crippen molar-refractivity contribution in [3.8, 4) is 0 Å². The highest BCUT2D eigenvalue weighted by Crippen LogP contribution is 2.66. The molecule has 4 aromatic carbocycles. The maximum Gasteiger partial charge on any atom is 0.197 e. The number of hydrogen-bond donors (Lipinski definition) is 0. The van der Waals surface area contributed by atoms with Gasteiger partial charge in [0.2, 0.25) is 0 Å². The molecule has 3 heteroatoms. The van der Waals surface area contributed by atoms with E-state index in [-0.39, 0.29) is 33.4 Å². The van der Waals surface area contributed by atoms with Crippen molar-refractivity contribution in [1.82, 2.24) is 0 Å². The van der Waals surface area contributed by atoms with E-state index in [9.17, 15) is 9.59 Å². The third-order valence-electron chi connectivity index (χ3n) is 10.9. The van der Waals surface area contributed by atoms with Gasteiger partial charge in [0.05, 0.1) is 22.6 Å². The summed E-state index contributed by atoms with van der Waals surface area (Å²) in [6.07, 6.45) is 5.21. The molecule has 0 atom stereocenters. The molecule has 8 rings (SSSR count). The Balaban J connectivity index is 1.40. The first kappa shape index (κ1) is 26.8. The minimum absolute atomic E-state index is 0.145. The van der Waals surface area contributed by atoms with Crippen molar-refractivity contribution in [1.29, 1.82) is 0 Å². The minimum Gasteiger partial charge on any atom is -0.309 e. The van der Waals surface area contributed by atoms with Gasteiger partial charge in [-0.2, -0.15) is 0 Å². The molecule has 3 nitrogen and oxygen atoms in total. The van der Waals surface area contributed by atoms with Crippen molar-refractivity contribution in [3.05, 3.63) is 141 Å². The number of allylic oxidation sites excluding steroid dienone is 1. The fourth-order valence-electron chi connectivity index (χ4n) is 8.34. The molecular formula is C41H35NO2. The highest BCUT2D eigenvalue weighted by Gasteiger charge is 2.51. The van der Waals surface area contributed by atoms with Crippen LogP contribution < -0.4 is 4.90 Å². The van der Waals surface area contributed by atoms with Gasteiger partial charge in [0.1, 0.15) is 0 Å². The second kappa shape index (κ2) is 8.24. The van der Waals surface area contributed by atoms with Crippen LogP contribution in [0.25, 0.3) is 18.2 Å². The van der Waals surface area contributed by atoms with Gasteiger partial charge in [0, 0.05) is 27.4 Å². The molecule has 0 radical (unpaired) electrons. The Morgan fingerprint density at radius 2 is 0.932 bits per heavy atom. The highest BCUT2D eigenvalue weighted by molar-refractivity contribution is 6.41. The Kier molecular flexibility index (Phi) is 5.02. The Labute approximate surface area is 259 Å². The zero-order valence-electron chi connectivity index (χ0n) is 26.2. The molecule has 0 spiro atoms. The van der Waals surface area contributed by atoms with Gasteiger partial charge < -0.3 is 4.90 Å². The number of fused-ring (bicyclic) bond motifs is 1. The first-order chi connectivity index (χ1) is 20.8. The van der Waals surface area contributed by atoms with Crippen LogP contribution in [0.15, 0.2) is 79.4 Å². The van der Waals surface area contributed by atoms with Gasteiger partial charge in [-0.25, -0.2) is 0 Å². The Hall–Kier alpha value is -4.76. The Morgan fingerprint density at radius 1 is 0.568 bits per heavy atom. The lowest BCUT2D eigenvalue weighted by Crippen LogP contribution is -2.43. The summed E-state index contributed by atoms with van der Waals surface area (Å²) in [6, 6.07) is 21.5. The van der Waals surface area contributed by atoms with E-state index < -0.39 is 0 Å². The zero-order valence-corrected chi connectivity index (χ0v) is 26.2. The number of rotatable bonds is 3. The summed E-state index contributed by atoms with van der Waals surface area (Å²) in [5.74, 6) is -0.478. The second-order valence-electron chi connectivity index (χ2n) is 14.2. The molecule has 4 aromatic rings. The lowest BCUT2D eigenvalue weighted by molar-refractivity contribution is 0.0990. The average Bonchev–Trinajstić information content (AvgIpc) is 3.23. The van der Waals surface area contributed by atoms with Gasteiger partial charge in [-0.3, -0.25) is 9.59 Å². The zero-order chi connectivity index (χ0) is 31.1. The fraction of sp³-hybridized carbons (Fsp3) is 0.220. The van der Waals surface area contributed by atoms with Crippen molar-refractivity contribution in [2.45, 2.75) is 57.8 Å². The first-order valence-electron chi connectivity index (χ1n) is 15.3. The number of hydrogen-bond acceptors (Lipinski definition) is 3. The Morgan fingerprint density at radius 3 is 1.32 bits per heavy atom. The average molecular weight is 574 g/mol. The van der Waals surface area contributed by atoms with Crippen LogP contribution in [-0.4, -0.2) is 11.6 Å². The number of carbonyl (C=O) groups excluding carboxylic acids is 2. The summed E-state index contributed by atoms with van der Waals surface area (Å²) in [6.45, 7) is 21.7. The third-order valence-corrected chi connectivity index (χ3v) is 10.9. The van der Waals surface area contributed by atoms with Crippen molar-refractivity contribution in [2.75, 3.05) is 4.90 Å². The number of para-hydroxylation sites is 2. The van der Waals surface area contributed by atoms with Gasteiger partial charge in [0.25, 0.3) is 0 Å². The van der Waals surface area contributed by atoms with Gasteiger partial charge in [0.15, 0.2) is 11.6 Å².